The molecule has 1 fully saturated rings. The van der Waals surface area contributed by atoms with Gasteiger partial charge in [0.25, 0.3) is 0 Å². The minimum atomic E-state index is -1.33. The zero-order chi connectivity index (χ0) is 24.8. The van der Waals surface area contributed by atoms with Crippen LogP contribution in [0.4, 0.5) is 8.78 Å². The van der Waals surface area contributed by atoms with Crippen molar-refractivity contribution in [2.75, 3.05) is 26.2 Å². The van der Waals surface area contributed by atoms with Crippen molar-refractivity contribution >= 4 is 18.4 Å². The van der Waals surface area contributed by atoms with Gasteiger partial charge in [-0.2, -0.15) is 0 Å². The predicted octanol–water partition coefficient (Wildman–Crippen LogP) is 4.68. The molecular weight excluding hydrogens is 504 g/mol. The van der Waals surface area contributed by atoms with Crippen molar-refractivity contribution in [1.82, 2.24) is 4.90 Å². The van der Waals surface area contributed by atoms with Crippen LogP contribution in [-0.2, 0) is 5.60 Å². The predicted molar refractivity (Wildman–Crippen MR) is 139 cm³/mol. The van der Waals surface area contributed by atoms with Crippen LogP contribution in [0.1, 0.15) is 40.7 Å². The fourth-order valence-corrected chi connectivity index (χ4v) is 4.79. The molecule has 0 atom stereocenters. The van der Waals surface area contributed by atoms with Crippen LogP contribution in [0.15, 0.2) is 72.8 Å². The largest absolute Gasteiger partial charge is 0.494 e. The van der Waals surface area contributed by atoms with Gasteiger partial charge in [0.2, 0.25) is 0 Å². The van der Waals surface area contributed by atoms with Crippen molar-refractivity contribution in [2.24, 2.45) is 5.92 Å². The van der Waals surface area contributed by atoms with E-state index in [2.05, 4.69) is 4.90 Å². The van der Waals surface area contributed by atoms with E-state index >= 15 is 0 Å². The van der Waals surface area contributed by atoms with E-state index in [1.54, 1.807) is 36.4 Å². The molecule has 0 aliphatic carbocycles. The highest BCUT2D eigenvalue weighted by atomic mass is 35.5. The van der Waals surface area contributed by atoms with E-state index in [-0.39, 0.29) is 41.0 Å². The van der Waals surface area contributed by atoms with Crippen molar-refractivity contribution in [3.63, 3.8) is 0 Å². The number of aliphatic hydroxyl groups is 1. The molecular formula is C28H32ClF2NO5. The van der Waals surface area contributed by atoms with Gasteiger partial charge in [0.1, 0.15) is 23.0 Å². The van der Waals surface area contributed by atoms with Crippen molar-refractivity contribution in [2.45, 2.75) is 24.9 Å². The van der Waals surface area contributed by atoms with Gasteiger partial charge in [-0.1, -0.05) is 24.3 Å². The second kappa shape index (κ2) is 13.5. The van der Waals surface area contributed by atoms with Gasteiger partial charge in [-0.3, -0.25) is 0 Å². The number of carboxylic acid groups (broad SMARTS) is 1. The van der Waals surface area contributed by atoms with Gasteiger partial charge >= 0.3 is 5.97 Å². The third kappa shape index (κ3) is 7.26. The number of carbonyl (C=O) groups is 1. The Labute approximate surface area is 221 Å². The van der Waals surface area contributed by atoms with Crippen LogP contribution in [0, 0.1) is 17.6 Å². The Balaban J connectivity index is 0.00000241. The quantitative estimate of drug-likeness (QED) is 0.387. The monoisotopic (exact) mass is 535 g/mol. The number of likely N-dealkylation sites (tertiary alicyclic amines) is 1. The first kappa shape index (κ1) is 30.2. The number of piperidine rings is 1. The van der Waals surface area contributed by atoms with E-state index in [1.165, 1.54) is 36.4 Å². The van der Waals surface area contributed by atoms with E-state index in [4.69, 9.17) is 9.84 Å². The van der Waals surface area contributed by atoms with Crippen LogP contribution in [0.5, 0.6) is 5.75 Å². The standard InChI is InChI=1S/C28H29F2NO4.ClH.H2O/c29-24-8-4-21(5-9-24)28(34,22-6-10-25(30)11-7-22)23-14-17-31(18-15-23)16-1-19-35-26-12-2-20(3-13-26)27(32)33;;/h2-13,23,34H,1,14-19H2,(H,32,33);1H;1H2. The highest BCUT2D eigenvalue weighted by Gasteiger charge is 2.41. The lowest BCUT2D eigenvalue weighted by atomic mass is 9.72. The molecule has 1 aliphatic heterocycles. The fraction of sp³-hybridized carbons (Fsp3) is 0.321. The first-order chi connectivity index (χ1) is 16.9. The average Bonchev–Trinajstić information content (AvgIpc) is 2.87. The van der Waals surface area contributed by atoms with Gasteiger partial charge in [-0.25, -0.2) is 13.6 Å². The summed E-state index contributed by atoms with van der Waals surface area (Å²) in [5.41, 5.74) is 0.0950. The molecule has 1 saturated heterocycles. The number of benzene rings is 3. The highest BCUT2D eigenvalue weighted by molar-refractivity contribution is 5.87. The molecule has 4 N–H and O–H groups in total. The maximum atomic E-state index is 13.6. The summed E-state index contributed by atoms with van der Waals surface area (Å²) in [6, 6.07) is 18.1. The summed E-state index contributed by atoms with van der Waals surface area (Å²) in [4.78, 5) is 13.3. The first-order valence-corrected chi connectivity index (χ1v) is 11.8. The van der Waals surface area contributed by atoms with Crippen molar-refractivity contribution in [3.8, 4) is 5.75 Å². The summed E-state index contributed by atoms with van der Waals surface area (Å²) < 4.78 is 32.8. The molecule has 0 radical (unpaired) electrons. The maximum Gasteiger partial charge on any atom is 0.335 e. The molecule has 4 rings (SSSR count). The second-order valence-corrected chi connectivity index (χ2v) is 8.93. The van der Waals surface area contributed by atoms with Crippen LogP contribution in [0.3, 0.4) is 0 Å². The molecule has 1 heterocycles. The normalized spacial score (nSPS) is 14.4. The van der Waals surface area contributed by atoms with Crippen LogP contribution < -0.4 is 4.74 Å². The third-order valence-electron chi connectivity index (χ3n) is 6.74. The van der Waals surface area contributed by atoms with Gasteiger partial charge in [0, 0.05) is 6.54 Å². The molecule has 0 unspecified atom stereocenters. The number of rotatable bonds is 9. The third-order valence-corrected chi connectivity index (χ3v) is 6.74. The Bertz CT molecular complexity index is 1070. The number of aromatic carboxylic acids is 1. The number of ether oxygens (including phenoxy) is 1. The summed E-state index contributed by atoms with van der Waals surface area (Å²) in [6.07, 6.45) is 2.29. The lowest BCUT2D eigenvalue weighted by molar-refractivity contribution is -0.0147. The molecule has 0 aromatic heterocycles. The fourth-order valence-electron chi connectivity index (χ4n) is 4.79. The van der Waals surface area contributed by atoms with Crippen LogP contribution in [-0.4, -0.2) is 52.8 Å². The number of halogens is 3. The topological polar surface area (TPSA) is 102 Å². The molecule has 0 saturated carbocycles. The Morgan fingerprint density at radius 1 is 0.892 bits per heavy atom. The smallest absolute Gasteiger partial charge is 0.335 e. The van der Waals surface area contributed by atoms with Crippen LogP contribution in [0.25, 0.3) is 0 Å². The molecule has 1 aliphatic rings. The van der Waals surface area contributed by atoms with E-state index in [0.717, 1.165) is 38.9 Å². The van der Waals surface area contributed by atoms with Crippen molar-refractivity contribution < 1.29 is 34.0 Å². The summed E-state index contributed by atoms with van der Waals surface area (Å²) in [7, 11) is 0. The molecule has 0 spiro atoms. The molecule has 0 bridgehead atoms. The van der Waals surface area contributed by atoms with E-state index < -0.39 is 11.6 Å². The Morgan fingerprint density at radius 2 is 1.38 bits per heavy atom. The minimum absolute atomic E-state index is 0. The molecule has 37 heavy (non-hydrogen) atoms. The molecule has 200 valence electrons. The van der Waals surface area contributed by atoms with E-state index in [1.807, 2.05) is 0 Å². The van der Waals surface area contributed by atoms with E-state index in [9.17, 15) is 18.7 Å². The van der Waals surface area contributed by atoms with E-state index in [0.29, 0.717) is 23.5 Å². The summed E-state index contributed by atoms with van der Waals surface area (Å²) in [6.45, 7) is 2.94. The van der Waals surface area contributed by atoms with Gasteiger partial charge in [0.05, 0.1) is 12.2 Å². The van der Waals surface area contributed by atoms with Crippen molar-refractivity contribution in [3.05, 3.63) is 101 Å². The number of hydrogen-bond donors (Lipinski definition) is 2. The Kier molecular flexibility index (Phi) is 11.0. The average molecular weight is 536 g/mol. The van der Waals surface area contributed by atoms with Crippen LogP contribution >= 0.6 is 12.4 Å². The number of carboxylic acids is 1. The molecule has 6 nitrogen and oxygen atoms in total. The number of nitrogens with zero attached hydrogens (tertiary/aromatic N) is 1. The zero-order valence-corrected chi connectivity index (χ0v) is 21.1. The highest BCUT2D eigenvalue weighted by Crippen LogP contribution is 2.42. The summed E-state index contributed by atoms with van der Waals surface area (Å²) in [5.74, 6) is -1.17. The molecule has 9 heteroatoms. The van der Waals surface area contributed by atoms with Gasteiger partial charge in [0.15, 0.2) is 0 Å². The Hall–Kier alpha value is -3.04. The van der Waals surface area contributed by atoms with Gasteiger partial charge in [-0.05, 0) is 97.9 Å². The van der Waals surface area contributed by atoms with Gasteiger partial charge < -0.3 is 25.3 Å². The second-order valence-electron chi connectivity index (χ2n) is 8.93. The zero-order valence-electron chi connectivity index (χ0n) is 20.3. The van der Waals surface area contributed by atoms with Gasteiger partial charge in [-0.15, -0.1) is 12.4 Å². The molecule has 0 amide bonds. The summed E-state index contributed by atoms with van der Waals surface area (Å²) in [5, 5.41) is 20.9. The Morgan fingerprint density at radius 3 is 1.84 bits per heavy atom. The molecule has 3 aromatic rings. The lowest BCUT2D eigenvalue weighted by Gasteiger charge is -2.42. The summed E-state index contributed by atoms with van der Waals surface area (Å²) >= 11 is 0. The van der Waals surface area contributed by atoms with Crippen LogP contribution in [0.2, 0.25) is 0 Å². The SMILES string of the molecule is Cl.O.O=C(O)c1ccc(OCCCN2CCC(C(O)(c3ccc(F)cc3)c3ccc(F)cc3)CC2)cc1. The minimum Gasteiger partial charge on any atom is -0.494 e. The maximum absolute atomic E-state index is 13.6. The molecule has 3 aromatic carbocycles. The number of hydrogen-bond acceptors (Lipinski definition) is 4. The van der Waals surface area contributed by atoms with Crippen molar-refractivity contribution in [1.29, 1.82) is 0 Å². The first-order valence-electron chi connectivity index (χ1n) is 11.8. The lowest BCUT2D eigenvalue weighted by Crippen LogP contribution is -2.44.